The van der Waals surface area contributed by atoms with E-state index in [0.29, 0.717) is 5.22 Å². The summed E-state index contributed by atoms with van der Waals surface area (Å²) in [6.07, 6.45) is 7.88. The van der Waals surface area contributed by atoms with Gasteiger partial charge in [-0.1, -0.05) is 11.8 Å². The SMILES string of the molecule is C[C@@H](Sc1nnc(C23CC4CC(CC(C4)C2)C3)o1)C(=O)N(C)C. The molecule has 0 radical (unpaired) electrons. The Morgan fingerprint density at radius 1 is 1.17 bits per heavy atom. The van der Waals surface area contributed by atoms with Gasteiger partial charge in [0, 0.05) is 19.5 Å². The number of rotatable bonds is 4. The van der Waals surface area contributed by atoms with E-state index in [1.807, 2.05) is 6.92 Å². The highest BCUT2D eigenvalue weighted by molar-refractivity contribution is 8.00. The van der Waals surface area contributed by atoms with E-state index in [2.05, 4.69) is 10.2 Å². The number of hydrogen-bond acceptors (Lipinski definition) is 5. The summed E-state index contributed by atoms with van der Waals surface area (Å²) in [5.74, 6) is 3.49. The summed E-state index contributed by atoms with van der Waals surface area (Å²) < 4.78 is 6.04. The van der Waals surface area contributed by atoms with E-state index in [-0.39, 0.29) is 16.6 Å². The second-order valence-corrected chi connectivity index (χ2v) is 9.36. The molecule has 6 heteroatoms. The third-order valence-corrected chi connectivity index (χ3v) is 6.89. The van der Waals surface area contributed by atoms with Gasteiger partial charge in [0.15, 0.2) is 0 Å². The molecule has 1 aromatic rings. The monoisotopic (exact) mass is 335 g/mol. The van der Waals surface area contributed by atoms with Gasteiger partial charge in [0.2, 0.25) is 11.8 Å². The van der Waals surface area contributed by atoms with Crippen LogP contribution < -0.4 is 0 Å². The predicted octanol–water partition coefficient (Wildman–Crippen LogP) is 3.11. The van der Waals surface area contributed by atoms with Crippen molar-refractivity contribution in [2.24, 2.45) is 17.8 Å². The number of thioether (sulfide) groups is 1. The molecule has 1 aromatic heterocycles. The van der Waals surface area contributed by atoms with Gasteiger partial charge in [-0.3, -0.25) is 4.79 Å². The van der Waals surface area contributed by atoms with Crippen molar-refractivity contribution in [3.63, 3.8) is 0 Å². The molecule has 0 spiro atoms. The number of carbonyl (C=O) groups is 1. The molecule has 1 heterocycles. The molecule has 0 saturated heterocycles. The van der Waals surface area contributed by atoms with Gasteiger partial charge >= 0.3 is 0 Å². The zero-order valence-corrected chi connectivity index (χ0v) is 14.9. The summed E-state index contributed by atoms with van der Waals surface area (Å²) in [4.78, 5) is 13.6. The number of nitrogens with zero attached hydrogens (tertiary/aromatic N) is 3. The van der Waals surface area contributed by atoms with Crippen molar-refractivity contribution in [1.29, 1.82) is 0 Å². The van der Waals surface area contributed by atoms with E-state index in [4.69, 9.17) is 4.42 Å². The lowest BCUT2D eigenvalue weighted by molar-refractivity contribution is -0.127. The molecule has 4 aliphatic carbocycles. The second kappa shape index (κ2) is 5.50. The Kier molecular flexibility index (Phi) is 3.70. The zero-order valence-electron chi connectivity index (χ0n) is 14.1. The summed E-state index contributed by atoms with van der Waals surface area (Å²) in [7, 11) is 3.54. The molecule has 0 unspecified atom stereocenters. The molecule has 1 atom stereocenters. The quantitative estimate of drug-likeness (QED) is 0.791. The summed E-state index contributed by atoms with van der Waals surface area (Å²) in [5, 5.41) is 8.97. The molecule has 0 N–H and O–H groups in total. The smallest absolute Gasteiger partial charge is 0.277 e. The van der Waals surface area contributed by atoms with E-state index in [9.17, 15) is 4.79 Å². The second-order valence-electron chi connectivity index (χ2n) is 8.06. The van der Waals surface area contributed by atoms with E-state index in [1.165, 1.54) is 50.3 Å². The van der Waals surface area contributed by atoms with Crippen LogP contribution in [0.3, 0.4) is 0 Å². The van der Waals surface area contributed by atoms with Crippen LogP contribution in [0, 0.1) is 17.8 Å². The summed E-state index contributed by atoms with van der Waals surface area (Å²) in [5.41, 5.74) is 0.134. The van der Waals surface area contributed by atoms with Crippen molar-refractivity contribution in [3.05, 3.63) is 5.89 Å². The molecular weight excluding hydrogens is 310 g/mol. The number of amides is 1. The van der Waals surface area contributed by atoms with Crippen LogP contribution in [0.25, 0.3) is 0 Å². The molecule has 4 fully saturated rings. The first-order chi connectivity index (χ1) is 10.9. The zero-order chi connectivity index (χ0) is 16.2. The maximum atomic E-state index is 12.0. The van der Waals surface area contributed by atoms with E-state index < -0.39 is 0 Å². The average Bonchev–Trinajstić information content (AvgIpc) is 2.94. The molecule has 23 heavy (non-hydrogen) atoms. The predicted molar refractivity (Wildman–Crippen MR) is 88.2 cm³/mol. The average molecular weight is 335 g/mol. The Bertz CT molecular complexity index is 577. The fourth-order valence-corrected chi connectivity index (χ4v) is 6.24. The largest absolute Gasteiger partial charge is 0.415 e. The van der Waals surface area contributed by atoms with Gasteiger partial charge in [0.1, 0.15) is 0 Å². The van der Waals surface area contributed by atoms with Crippen molar-refractivity contribution >= 4 is 17.7 Å². The van der Waals surface area contributed by atoms with Crippen LogP contribution in [-0.4, -0.2) is 40.3 Å². The van der Waals surface area contributed by atoms with Crippen LogP contribution in [0.1, 0.15) is 51.3 Å². The molecule has 1 amide bonds. The lowest BCUT2D eigenvalue weighted by Gasteiger charge is -2.55. The van der Waals surface area contributed by atoms with Gasteiger partial charge in [0.25, 0.3) is 5.22 Å². The standard InChI is InChI=1S/C17H25N3O2S/c1-10(14(21)20(2)3)23-16-19-18-15(22-16)17-7-11-4-12(8-17)6-13(5-11)9-17/h10-13H,4-9H2,1-3H3/t10-,11?,12?,13?,17?/m1/s1. The molecule has 5 nitrogen and oxygen atoms in total. The molecular formula is C17H25N3O2S. The minimum absolute atomic E-state index is 0.0737. The van der Waals surface area contributed by atoms with Gasteiger partial charge in [-0.25, -0.2) is 0 Å². The third-order valence-electron chi connectivity index (χ3n) is 5.96. The van der Waals surface area contributed by atoms with Crippen molar-refractivity contribution in [2.45, 2.75) is 61.3 Å². The fourth-order valence-electron chi connectivity index (χ4n) is 5.41. The summed E-state index contributed by atoms with van der Waals surface area (Å²) >= 11 is 1.37. The fraction of sp³-hybridized carbons (Fsp3) is 0.824. The maximum absolute atomic E-state index is 12.0. The van der Waals surface area contributed by atoms with Crippen LogP contribution in [0.2, 0.25) is 0 Å². The Balaban J connectivity index is 1.51. The van der Waals surface area contributed by atoms with Crippen molar-refractivity contribution < 1.29 is 9.21 Å². The first-order valence-electron chi connectivity index (χ1n) is 8.67. The van der Waals surface area contributed by atoms with Crippen LogP contribution in [-0.2, 0) is 10.2 Å². The van der Waals surface area contributed by atoms with Gasteiger partial charge < -0.3 is 9.32 Å². The lowest BCUT2D eigenvalue weighted by atomic mass is 9.49. The van der Waals surface area contributed by atoms with Gasteiger partial charge in [-0.15, -0.1) is 10.2 Å². The van der Waals surface area contributed by atoms with E-state index in [0.717, 1.165) is 23.6 Å². The topological polar surface area (TPSA) is 59.2 Å². The molecule has 4 saturated carbocycles. The van der Waals surface area contributed by atoms with Crippen molar-refractivity contribution in [1.82, 2.24) is 15.1 Å². The summed E-state index contributed by atoms with van der Waals surface area (Å²) in [6.45, 7) is 1.89. The minimum atomic E-state index is -0.199. The molecule has 126 valence electrons. The minimum Gasteiger partial charge on any atom is -0.415 e. The van der Waals surface area contributed by atoms with E-state index in [1.54, 1.807) is 19.0 Å². The lowest BCUT2D eigenvalue weighted by Crippen LogP contribution is -2.48. The maximum Gasteiger partial charge on any atom is 0.277 e. The van der Waals surface area contributed by atoms with Crippen LogP contribution >= 0.6 is 11.8 Å². The first kappa shape index (κ1) is 15.5. The third kappa shape index (κ3) is 2.69. The van der Waals surface area contributed by atoms with Gasteiger partial charge in [-0.2, -0.15) is 0 Å². The highest BCUT2D eigenvalue weighted by atomic mass is 32.2. The number of hydrogen-bond donors (Lipinski definition) is 0. The highest BCUT2D eigenvalue weighted by Gasteiger charge is 2.54. The van der Waals surface area contributed by atoms with Gasteiger partial charge in [-0.05, 0) is 63.2 Å². The van der Waals surface area contributed by atoms with E-state index >= 15 is 0 Å². The summed E-state index contributed by atoms with van der Waals surface area (Å²) in [6, 6.07) is 0. The molecule has 0 aromatic carbocycles. The van der Waals surface area contributed by atoms with Crippen LogP contribution in [0.15, 0.2) is 9.64 Å². The Morgan fingerprint density at radius 3 is 2.26 bits per heavy atom. The molecule has 5 rings (SSSR count). The van der Waals surface area contributed by atoms with Crippen molar-refractivity contribution in [3.8, 4) is 0 Å². The van der Waals surface area contributed by atoms with Gasteiger partial charge in [0.05, 0.1) is 5.25 Å². The number of aromatic nitrogens is 2. The first-order valence-corrected chi connectivity index (χ1v) is 9.55. The highest BCUT2D eigenvalue weighted by Crippen LogP contribution is 2.60. The Labute approximate surface area is 141 Å². The Hall–Kier alpha value is -1.04. The van der Waals surface area contributed by atoms with Crippen LogP contribution in [0.5, 0.6) is 0 Å². The normalized spacial score (nSPS) is 36.2. The number of carbonyl (C=O) groups excluding carboxylic acids is 1. The van der Waals surface area contributed by atoms with Crippen molar-refractivity contribution in [2.75, 3.05) is 14.1 Å². The molecule has 4 bridgehead atoms. The Morgan fingerprint density at radius 2 is 1.74 bits per heavy atom. The van der Waals surface area contributed by atoms with Crippen LogP contribution in [0.4, 0.5) is 0 Å². The molecule has 4 aliphatic rings. The molecule has 0 aliphatic heterocycles.